The highest BCUT2D eigenvalue weighted by molar-refractivity contribution is 5.94. The Labute approximate surface area is 99.1 Å². The Balaban J connectivity index is 2.25. The van der Waals surface area contributed by atoms with Gasteiger partial charge in [0.05, 0.1) is 6.61 Å². The highest BCUT2D eigenvalue weighted by atomic mass is 16.3. The topological polar surface area (TPSA) is 73.4 Å². The zero-order chi connectivity index (χ0) is 12.4. The largest absolute Gasteiger partial charge is 0.395 e. The maximum atomic E-state index is 12.1. The first-order chi connectivity index (χ1) is 8.13. The van der Waals surface area contributed by atoms with Crippen molar-refractivity contribution in [3.8, 4) is 0 Å². The highest BCUT2D eigenvalue weighted by Gasteiger charge is 2.33. The Morgan fingerprint density at radius 3 is 2.76 bits per heavy atom. The van der Waals surface area contributed by atoms with Gasteiger partial charge in [0.15, 0.2) is 0 Å². The van der Waals surface area contributed by atoms with Gasteiger partial charge in [-0.1, -0.05) is 0 Å². The molecule has 1 aromatic heterocycles. The van der Waals surface area contributed by atoms with Crippen LogP contribution in [0.25, 0.3) is 0 Å². The minimum absolute atomic E-state index is 0.0774. The Morgan fingerprint density at radius 1 is 1.53 bits per heavy atom. The third-order valence-corrected chi connectivity index (χ3v) is 2.88. The van der Waals surface area contributed by atoms with Crippen LogP contribution in [0.15, 0.2) is 16.9 Å². The van der Waals surface area contributed by atoms with E-state index in [1.165, 1.54) is 0 Å². The van der Waals surface area contributed by atoms with E-state index in [-0.39, 0.29) is 36.2 Å². The molecule has 17 heavy (non-hydrogen) atoms. The van der Waals surface area contributed by atoms with Gasteiger partial charge >= 0.3 is 0 Å². The number of H-pyrrole nitrogens is 1. The molecule has 1 heterocycles. The quantitative estimate of drug-likeness (QED) is 0.788. The van der Waals surface area contributed by atoms with Crippen molar-refractivity contribution in [1.29, 1.82) is 0 Å². The lowest BCUT2D eigenvalue weighted by Crippen LogP contribution is -2.38. The van der Waals surface area contributed by atoms with Crippen LogP contribution in [-0.2, 0) is 0 Å². The van der Waals surface area contributed by atoms with E-state index >= 15 is 0 Å². The molecule has 0 spiro atoms. The smallest absolute Gasteiger partial charge is 0.260 e. The number of aliphatic hydroxyl groups is 1. The van der Waals surface area contributed by atoms with Crippen LogP contribution in [0.4, 0.5) is 0 Å². The average molecular weight is 236 g/mol. The molecule has 92 valence electrons. The number of aromatic amines is 1. The van der Waals surface area contributed by atoms with E-state index in [0.717, 1.165) is 18.5 Å². The molecular weight excluding hydrogens is 220 g/mol. The molecule has 0 aliphatic heterocycles. The van der Waals surface area contributed by atoms with Crippen molar-refractivity contribution in [1.82, 2.24) is 9.88 Å². The molecular formula is C12H16N2O3. The first-order valence-corrected chi connectivity index (χ1v) is 5.75. The number of rotatable bonds is 4. The van der Waals surface area contributed by atoms with Crippen LogP contribution in [-0.4, -0.2) is 40.1 Å². The Hall–Kier alpha value is -1.62. The predicted octanol–water partition coefficient (Wildman–Crippen LogP) is 0.280. The van der Waals surface area contributed by atoms with Crippen molar-refractivity contribution < 1.29 is 9.90 Å². The van der Waals surface area contributed by atoms with Gasteiger partial charge < -0.3 is 15.0 Å². The summed E-state index contributed by atoms with van der Waals surface area (Å²) in [6.07, 6.45) is 1.91. The second kappa shape index (κ2) is 4.71. The van der Waals surface area contributed by atoms with E-state index in [0.29, 0.717) is 0 Å². The lowest BCUT2D eigenvalue weighted by atomic mass is 10.2. The lowest BCUT2D eigenvalue weighted by Gasteiger charge is -2.20. The SMILES string of the molecule is Cc1ccc(C(=O)N(CCO)C2CC2)c(=O)[nH]1. The molecule has 0 unspecified atom stereocenters. The van der Waals surface area contributed by atoms with Crippen LogP contribution in [0.5, 0.6) is 0 Å². The van der Waals surface area contributed by atoms with Crippen molar-refractivity contribution in [2.24, 2.45) is 0 Å². The average Bonchev–Trinajstić information content (AvgIpc) is 3.09. The summed E-state index contributed by atoms with van der Waals surface area (Å²) in [6.45, 7) is 1.98. The monoisotopic (exact) mass is 236 g/mol. The first kappa shape index (κ1) is 11.9. The summed E-state index contributed by atoms with van der Waals surface area (Å²) in [4.78, 5) is 28.0. The second-order valence-corrected chi connectivity index (χ2v) is 4.34. The molecule has 0 radical (unpaired) electrons. The van der Waals surface area contributed by atoms with Gasteiger partial charge in [0, 0.05) is 18.3 Å². The summed E-state index contributed by atoms with van der Waals surface area (Å²) >= 11 is 0. The number of aryl methyl sites for hydroxylation is 1. The summed E-state index contributed by atoms with van der Waals surface area (Å²) in [7, 11) is 0. The summed E-state index contributed by atoms with van der Waals surface area (Å²) in [6, 6.07) is 3.44. The van der Waals surface area contributed by atoms with Gasteiger partial charge in [-0.25, -0.2) is 0 Å². The molecule has 1 saturated carbocycles. The van der Waals surface area contributed by atoms with Crippen molar-refractivity contribution in [2.75, 3.05) is 13.2 Å². The van der Waals surface area contributed by atoms with Gasteiger partial charge in [-0.15, -0.1) is 0 Å². The molecule has 1 aliphatic rings. The summed E-state index contributed by atoms with van der Waals surface area (Å²) < 4.78 is 0. The van der Waals surface area contributed by atoms with E-state index in [9.17, 15) is 9.59 Å². The number of aromatic nitrogens is 1. The zero-order valence-electron chi connectivity index (χ0n) is 9.77. The number of carbonyl (C=O) groups excluding carboxylic acids is 1. The summed E-state index contributed by atoms with van der Waals surface area (Å²) in [5, 5.41) is 8.94. The van der Waals surface area contributed by atoms with E-state index in [1.54, 1.807) is 24.0 Å². The van der Waals surface area contributed by atoms with Gasteiger partial charge in [0.1, 0.15) is 5.56 Å². The maximum absolute atomic E-state index is 12.1. The van der Waals surface area contributed by atoms with Crippen molar-refractivity contribution >= 4 is 5.91 Å². The van der Waals surface area contributed by atoms with Crippen molar-refractivity contribution in [3.63, 3.8) is 0 Å². The van der Waals surface area contributed by atoms with Crippen LogP contribution in [0.1, 0.15) is 28.9 Å². The van der Waals surface area contributed by atoms with E-state index in [2.05, 4.69) is 4.98 Å². The fourth-order valence-electron chi connectivity index (χ4n) is 1.84. The standard InChI is InChI=1S/C12H16N2O3/c1-8-2-5-10(11(16)13-8)12(17)14(6-7-15)9-3-4-9/h2,5,9,15H,3-4,6-7H2,1H3,(H,13,16). The number of hydrogen-bond donors (Lipinski definition) is 2. The third-order valence-electron chi connectivity index (χ3n) is 2.88. The Kier molecular flexibility index (Phi) is 3.28. The molecule has 2 rings (SSSR count). The molecule has 2 N–H and O–H groups in total. The third kappa shape index (κ3) is 2.55. The number of nitrogens with zero attached hydrogens (tertiary/aromatic N) is 1. The molecule has 0 atom stereocenters. The Morgan fingerprint density at radius 2 is 2.24 bits per heavy atom. The molecule has 1 aliphatic carbocycles. The minimum Gasteiger partial charge on any atom is -0.395 e. The molecule has 1 aromatic rings. The number of carbonyl (C=O) groups is 1. The van der Waals surface area contributed by atoms with E-state index in [4.69, 9.17) is 5.11 Å². The van der Waals surface area contributed by atoms with Gasteiger partial charge in [0.2, 0.25) is 0 Å². The van der Waals surface area contributed by atoms with Crippen LogP contribution in [0, 0.1) is 6.92 Å². The zero-order valence-corrected chi connectivity index (χ0v) is 9.77. The molecule has 5 heteroatoms. The lowest BCUT2D eigenvalue weighted by molar-refractivity contribution is 0.0706. The van der Waals surface area contributed by atoms with Gasteiger partial charge in [-0.05, 0) is 31.9 Å². The number of hydrogen-bond acceptors (Lipinski definition) is 3. The van der Waals surface area contributed by atoms with Crippen LogP contribution in [0.3, 0.4) is 0 Å². The summed E-state index contributed by atoms with van der Waals surface area (Å²) in [5.74, 6) is -0.289. The normalized spacial score (nSPS) is 14.7. The number of amides is 1. The fourth-order valence-corrected chi connectivity index (χ4v) is 1.84. The molecule has 0 saturated heterocycles. The number of aliphatic hydroxyl groups excluding tert-OH is 1. The molecule has 1 fully saturated rings. The van der Waals surface area contributed by atoms with E-state index < -0.39 is 0 Å². The minimum atomic E-state index is -0.362. The number of nitrogens with one attached hydrogen (secondary N) is 1. The first-order valence-electron chi connectivity index (χ1n) is 5.75. The van der Waals surface area contributed by atoms with Crippen molar-refractivity contribution in [2.45, 2.75) is 25.8 Å². The molecule has 5 nitrogen and oxygen atoms in total. The summed E-state index contributed by atoms with van der Waals surface area (Å²) in [5.41, 5.74) is 0.515. The Bertz CT molecular complexity index is 477. The maximum Gasteiger partial charge on any atom is 0.260 e. The highest BCUT2D eigenvalue weighted by Crippen LogP contribution is 2.27. The van der Waals surface area contributed by atoms with Crippen LogP contribution < -0.4 is 5.56 Å². The second-order valence-electron chi connectivity index (χ2n) is 4.34. The van der Waals surface area contributed by atoms with Crippen molar-refractivity contribution in [3.05, 3.63) is 33.7 Å². The van der Waals surface area contributed by atoms with Gasteiger partial charge in [0.25, 0.3) is 11.5 Å². The van der Waals surface area contributed by atoms with Crippen LogP contribution >= 0.6 is 0 Å². The molecule has 0 bridgehead atoms. The van der Waals surface area contributed by atoms with Gasteiger partial charge in [-0.2, -0.15) is 0 Å². The molecule has 1 amide bonds. The van der Waals surface area contributed by atoms with Crippen LogP contribution in [0.2, 0.25) is 0 Å². The molecule has 0 aromatic carbocycles. The van der Waals surface area contributed by atoms with Gasteiger partial charge in [-0.3, -0.25) is 9.59 Å². The van der Waals surface area contributed by atoms with E-state index in [1.807, 2.05) is 0 Å². The fraction of sp³-hybridized carbons (Fsp3) is 0.500. The number of pyridine rings is 1. The predicted molar refractivity (Wildman–Crippen MR) is 62.9 cm³/mol.